The summed E-state index contributed by atoms with van der Waals surface area (Å²) >= 11 is 0. The summed E-state index contributed by atoms with van der Waals surface area (Å²) in [5.41, 5.74) is 0. The van der Waals surface area contributed by atoms with Crippen molar-refractivity contribution in [3.8, 4) is 0 Å². The monoisotopic (exact) mass is 250 g/mol. The van der Waals surface area contributed by atoms with Crippen molar-refractivity contribution in [2.75, 3.05) is 26.7 Å². The normalized spacial score (nSPS) is 22.0. The highest BCUT2D eigenvalue weighted by Gasteiger charge is 2.18. The molecule has 1 fully saturated rings. The number of nitrogens with one attached hydrogen (secondary N) is 2. The summed E-state index contributed by atoms with van der Waals surface area (Å²) in [6, 6.07) is 0. The molecule has 1 aliphatic rings. The summed E-state index contributed by atoms with van der Waals surface area (Å²) < 4.78 is 5.07. The molecule has 2 N–H and O–H groups in total. The number of carbonyl (C=O) groups is 1. The highest BCUT2D eigenvalue weighted by atomic mass is 35.5. The Hall–Kier alpha value is -0.320. The molecule has 1 aliphatic heterocycles. The first-order valence-corrected chi connectivity index (χ1v) is 5.79. The summed E-state index contributed by atoms with van der Waals surface area (Å²) in [4.78, 5) is 11.6. The zero-order valence-electron chi connectivity index (χ0n) is 10.1. The molecular formula is C11H23ClN2O2. The van der Waals surface area contributed by atoms with E-state index in [1.165, 1.54) is 12.8 Å². The first kappa shape index (κ1) is 15.7. The number of amides is 1. The Morgan fingerprint density at radius 3 is 2.88 bits per heavy atom. The molecule has 2 unspecified atom stereocenters. The lowest BCUT2D eigenvalue weighted by molar-refractivity contribution is -0.131. The Balaban J connectivity index is 0.00000225. The van der Waals surface area contributed by atoms with E-state index in [0.29, 0.717) is 5.92 Å². The Morgan fingerprint density at radius 1 is 1.62 bits per heavy atom. The molecule has 0 aromatic heterocycles. The largest absolute Gasteiger partial charge is 0.372 e. The van der Waals surface area contributed by atoms with Gasteiger partial charge in [0.15, 0.2) is 0 Å². The van der Waals surface area contributed by atoms with Crippen LogP contribution < -0.4 is 10.6 Å². The van der Waals surface area contributed by atoms with Crippen LogP contribution in [0.2, 0.25) is 0 Å². The predicted molar refractivity (Wildman–Crippen MR) is 66.9 cm³/mol. The summed E-state index contributed by atoms with van der Waals surface area (Å²) in [7, 11) is 1.58. The van der Waals surface area contributed by atoms with Crippen LogP contribution in [-0.2, 0) is 9.53 Å². The van der Waals surface area contributed by atoms with Crippen LogP contribution in [0.25, 0.3) is 0 Å². The van der Waals surface area contributed by atoms with Gasteiger partial charge in [0.25, 0.3) is 0 Å². The maximum absolute atomic E-state index is 11.6. The van der Waals surface area contributed by atoms with Crippen LogP contribution in [0.1, 0.15) is 26.2 Å². The van der Waals surface area contributed by atoms with Gasteiger partial charge in [0.05, 0.1) is 0 Å². The molecule has 1 saturated heterocycles. The number of rotatable bonds is 5. The van der Waals surface area contributed by atoms with Crippen molar-refractivity contribution in [3.63, 3.8) is 0 Å². The molecular weight excluding hydrogens is 228 g/mol. The average molecular weight is 251 g/mol. The second kappa shape index (κ2) is 8.79. The molecule has 0 aromatic carbocycles. The van der Waals surface area contributed by atoms with Gasteiger partial charge in [0, 0.05) is 13.7 Å². The lowest BCUT2D eigenvalue weighted by Gasteiger charge is -2.23. The molecule has 1 heterocycles. The van der Waals surface area contributed by atoms with Gasteiger partial charge >= 0.3 is 0 Å². The van der Waals surface area contributed by atoms with Crippen LogP contribution in [0.15, 0.2) is 0 Å². The minimum absolute atomic E-state index is 0. The molecule has 16 heavy (non-hydrogen) atoms. The van der Waals surface area contributed by atoms with Crippen LogP contribution >= 0.6 is 12.4 Å². The minimum atomic E-state index is -0.290. The number of halogens is 1. The first-order chi connectivity index (χ1) is 7.27. The molecule has 96 valence electrons. The Labute approximate surface area is 104 Å². The van der Waals surface area contributed by atoms with Crippen molar-refractivity contribution in [1.82, 2.24) is 10.6 Å². The van der Waals surface area contributed by atoms with E-state index in [4.69, 9.17) is 4.74 Å². The maximum Gasteiger partial charge on any atom is 0.249 e. The summed E-state index contributed by atoms with van der Waals surface area (Å²) in [5.74, 6) is 0.600. The molecule has 5 heteroatoms. The standard InChI is InChI=1S/C11H22N2O2.ClH/c1-3-10(15-2)11(14)13-8-9-5-4-6-12-7-9;/h9-10,12H,3-8H2,1-2H3,(H,13,14);1H. The van der Waals surface area contributed by atoms with E-state index in [1.807, 2.05) is 6.92 Å². The van der Waals surface area contributed by atoms with E-state index in [2.05, 4.69) is 10.6 Å². The Kier molecular flexibility index (Phi) is 8.61. The fourth-order valence-corrected chi connectivity index (χ4v) is 1.92. The highest BCUT2D eigenvalue weighted by Crippen LogP contribution is 2.08. The van der Waals surface area contributed by atoms with Crippen molar-refractivity contribution in [1.29, 1.82) is 0 Å². The number of piperidine rings is 1. The van der Waals surface area contributed by atoms with Crippen LogP contribution in [0.3, 0.4) is 0 Å². The quantitative estimate of drug-likeness (QED) is 0.764. The van der Waals surface area contributed by atoms with E-state index < -0.39 is 0 Å². The Bertz CT molecular complexity index is 192. The minimum Gasteiger partial charge on any atom is -0.372 e. The lowest BCUT2D eigenvalue weighted by atomic mass is 10.00. The zero-order chi connectivity index (χ0) is 11.1. The fraction of sp³-hybridized carbons (Fsp3) is 0.909. The number of hydrogen-bond donors (Lipinski definition) is 2. The third-order valence-electron chi connectivity index (χ3n) is 2.91. The van der Waals surface area contributed by atoms with Gasteiger partial charge in [0.2, 0.25) is 5.91 Å². The molecule has 0 aliphatic carbocycles. The Morgan fingerprint density at radius 2 is 2.38 bits per heavy atom. The fourth-order valence-electron chi connectivity index (χ4n) is 1.92. The topological polar surface area (TPSA) is 50.4 Å². The maximum atomic E-state index is 11.6. The van der Waals surface area contributed by atoms with E-state index >= 15 is 0 Å². The smallest absolute Gasteiger partial charge is 0.249 e. The van der Waals surface area contributed by atoms with Crippen molar-refractivity contribution < 1.29 is 9.53 Å². The number of ether oxygens (including phenoxy) is 1. The second-order valence-electron chi connectivity index (χ2n) is 4.09. The first-order valence-electron chi connectivity index (χ1n) is 5.79. The van der Waals surface area contributed by atoms with Gasteiger partial charge in [-0.25, -0.2) is 0 Å². The highest BCUT2D eigenvalue weighted by molar-refractivity contribution is 5.85. The van der Waals surface area contributed by atoms with Gasteiger partial charge in [-0.2, -0.15) is 0 Å². The molecule has 2 atom stereocenters. The van der Waals surface area contributed by atoms with Crippen LogP contribution in [0.4, 0.5) is 0 Å². The SMILES string of the molecule is CCC(OC)C(=O)NCC1CCCNC1.Cl. The van der Waals surface area contributed by atoms with Crippen molar-refractivity contribution in [3.05, 3.63) is 0 Å². The van der Waals surface area contributed by atoms with Gasteiger partial charge in [-0.15, -0.1) is 12.4 Å². The molecule has 1 rings (SSSR count). The molecule has 0 bridgehead atoms. The number of hydrogen-bond acceptors (Lipinski definition) is 3. The molecule has 0 radical (unpaired) electrons. The predicted octanol–water partition coefficient (Wildman–Crippen LogP) is 0.949. The molecule has 0 saturated carbocycles. The number of methoxy groups -OCH3 is 1. The average Bonchev–Trinajstić information content (AvgIpc) is 2.29. The van der Waals surface area contributed by atoms with E-state index in [-0.39, 0.29) is 24.4 Å². The van der Waals surface area contributed by atoms with Crippen molar-refractivity contribution in [2.45, 2.75) is 32.3 Å². The third kappa shape index (κ3) is 5.14. The molecule has 1 amide bonds. The molecule has 4 nitrogen and oxygen atoms in total. The summed E-state index contributed by atoms with van der Waals surface area (Å²) in [6.07, 6.45) is 2.85. The zero-order valence-corrected chi connectivity index (χ0v) is 10.9. The summed E-state index contributed by atoms with van der Waals surface area (Å²) in [5, 5.41) is 6.28. The van der Waals surface area contributed by atoms with Crippen molar-refractivity contribution >= 4 is 18.3 Å². The van der Waals surface area contributed by atoms with E-state index in [9.17, 15) is 4.79 Å². The van der Waals surface area contributed by atoms with Crippen LogP contribution in [-0.4, -0.2) is 38.8 Å². The van der Waals surface area contributed by atoms with Gasteiger partial charge in [-0.1, -0.05) is 6.92 Å². The van der Waals surface area contributed by atoms with Crippen molar-refractivity contribution in [2.24, 2.45) is 5.92 Å². The third-order valence-corrected chi connectivity index (χ3v) is 2.91. The van der Waals surface area contributed by atoms with Gasteiger partial charge in [-0.05, 0) is 38.3 Å². The van der Waals surface area contributed by atoms with Gasteiger partial charge in [-0.3, -0.25) is 4.79 Å². The molecule has 0 spiro atoms. The van der Waals surface area contributed by atoms with Gasteiger partial charge in [0.1, 0.15) is 6.10 Å². The summed E-state index contributed by atoms with van der Waals surface area (Å²) in [6.45, 7) is 4.85. The van der Waals surface area contributed by atoms with E-state index in [0.717, 1.165) is 26.1 Å². The molecule has 0 aromatic rings. The van der Waals surface area contributed by atoms with Gasteiger partial charge < -0.3 is 15.4 Å². The lowest BCUT2D eigenvalue weighted by Crippen LogP contribution is -2.42. The second-order valence-corrected chi connectivity index (χ2v) is 4.09. The number of carbonyl (C=O) groups excluding carboxylic acids is 1. The van der Waals surface area contributed by atoms with Crippen LogP contribution in [0, 0.1) is 5.92 Å². The van der Waals surface area contributed by atoms with Crippen LogP contribution in [0.5, 0.6) is 0 Å². The van der Waals surface area contributed by atoms with E-state index in [1.54, 1.807) is 7.11 Å².